The Hall–Kier alpha value is -2.39. The predicted molar refractivity (Wildman–Crippen MR) is 104 cm³/mol. The van der Waals surface area contributed by atoms with Crippen LogP contribution >= 0.6 is 0 Å². The zero-order valence-corrected chi connectivity index (χ0v) is 15.4. The summed E-state index contributed by atoms with van der Waals surface area (Å²) in [6, 6.07) is 20.4. The maximum absolute atomic E-state index is 13.1. The van der Waals surface area contributed by atoms with Gasteiger partial charge in [-0.25, -0.2) is 0 Å². The van der Waals surface area contributed by atoms with Crippen molar-refractivity contribution in [2.24, 2.45) is 11.8 Å². The number of allylic oxidation sites excluding steroid dienone is 1. The highest BCUT2D eigenvalue weighted by atomic mass is 16.5. The molecule has 26 heavy (non-hydrogen) atoms. The molecule has 3 atom stereocenters. The second-order valence-electron chi connectivity index (χ2n) is 6.97. The molecular formula is C23H27NO2. The van der Waals surface area contributed by atoms with Crippen LogP contribution in [0.2, 0.25) is 0 Å². The Morgan fingerprint density at radius 1 is 1.15 bits per heavy atom. The van der Waals surface area contributed by atoms with Crippen LogP contribution in [0.1, 0.15) is 30.5 Å². The Labute approximate surface area is 156 Å². The maximum atomic E-state index is 13.1. The molecule has 1 aliphatic rings. The molecule has 0 aliphatic carbocycles. The molecular weight excluding hydrogens is 322 g/mol. The fourth-order valence-electron chi connectivity index (χ4n) is 3.68. The minimum atomic E-state index is -0.0946. The highest BCUT2D eigenvalue weighted by molar-refractivity contribution is 5.82. The van der Waals surface area contributed by atoms with E-state index >= 15 is 0 Å². The van der Waals surface area contributed by atoms with Crippen molar-refractivity contribution in [3.05, 3.63) is 84.4 Å². The fraction of sp³-hybridized carbons (Fsp3) is 0.348. The smallest absolute Gasteiger partial charge is 0.228 e. The number of nitrogens with zero attached hydrogens (tertiary/aromatic N) is 1. The van der Waals surface area contributed by atoms with Crippen LogP contribution < -0.4 is 0 Å². The van der Waals surface area contributed by atoms with E-state index in [0.29, 0.717) is 13.2 Å². The van der Waals surface area contributed by atoms with Crippen molar-refractivity contribution < 1.29 is 9.53 Å². The lowest BCUT2D eigenvalue weighted by Crippen LogP contribution is -2.31. The van der Waals surface area contributed by atoms with Gasteiger partial charge in [0, 0.05) is 6.54 Å². The Kier molecular flexibility index (Phi) is 6.24. The van der Waals surface area contributed by atoms with Gasteiger partial charge >= 0.3 is 0 Å². The van der Waals surface area contributed by atoms with Crippen LogP contribution in [0.4, 0.5) is 0 Å². The fourth-order valence-corrected chi connectivity index (χ4v) is 3.68. The first-order valence-electron chi connectivity index (χ1n) is 9.28. The van der Waals surface area contributed by atoms with E-state index in [1.807, 2.05) is 59.5 Å². The Bertz CT molecular complexity index is 714. The Morgan fingerprint density at radius 3 is 2.46 bits per heavy atom. The summed E-state index contributed by atoms with van der Waals surface area (Å²) in [5.74, 6) is 0.367. The van der Waals surface area contributed by atoms with Crippen LogP contribution in [0.25, 0.3) is 0 Å². The first-order chi connectivity index (χ1) is 12.7. The number of ether oxygens (including phenoxy) is 1. The van der Waals surface area contributed by atoms with Crippen LogP contribution in [-0.2, 0) is 16.1 Å². The lowest BCUT2D eigenvalue weighted by molar-refractivity contribution is -0.134. The number of likely N-dealkylation sites (tertiary alicyclic amines) is 1. The molecule has 3 heteroatoms. The molecule has 0 spiro atoms. The number of benzene rings is 2. The van der Waals surface area contributed by atoms with Crippen molar-refractivity contribution in [3.8, 4) is 0 Å². The van der Waals surface area contributed by atoms with Crippen LogP contribution in [-0.4, -0.2) is 24.0 Å². The average molecular weight is 349 g/mol. The third kappa shape index (κ3) is 4.23. The molecule has 2 aromatic carbocycles. The minimum Gasteiger partial charge on any atom is -0.376 e. The first kappa shape index (κ1) is 18.4. The summed E-state index contributed by atoms with van der Waals surface area (Å²) in [6.45, 7) is 7.74. The summed E-state index contributed by atoms with van der Waals surface area (Å²) in [7, 11) is 0. The van der Waals surface area contributed by atoms with Crippen LogP contribution in [0.5, 0.6) is 0 Å². The SMILES string of the molecule is C=CC[C@@H]1CN([C@H](C)c2ccccc2)C(=O)[C@@H]1COCc1ccccc1. The van der Waals surface area contributed by atoms with Gasteiger partial charge in [0.05, 0.1) is 25.2 Å². The van der Waals surface area contributed by atoms with Crippen LogP contribution in [0, 0.1) is 11.8 Å². The van der Waals surface area contributed by atoms with Gasteiger partial charge in [0.1, 0.15) is 0 Å². The average Bonchev–Trinajstić information content (AvgIpc) is 2.99. The van der Waals surface area contributed by atoms with Gasteiger partial charge in [-0.2, -0.15) is 0 Å². The number of hydrogen-bond donors (Lipinski definition) is 0. The molecule has 0 N–H and O–H groups in total. The summed E-state index contributed by atoms with van der Waals surface area (Å²) in [4.78, 5) is 15.1. The van der Waals surface area contributed by atoms with Gasteiger partial charge in [-0.05, 0) is 30.4 Å². The summed E-state index contributed by atoms with van der Waals surface area (Å²) < 4.78 is 5.90. The van der Waals surface area contributed by atoms with E-state index in [2.05, 4.69) is 25.6 Å². The molecule has 1 saturated heterocycles. The first-order valence-corrected chi connectivity index (χ1v) is 9.28. The highest BCUT2D eigenvalue weighted by Crippen LogP contribution is 2.34. The minimum absolute atomic E-state index is 0.0788. The topological polar surface area (TPSA) is 29.5 Å². The monoisotopic (exact) mass is 349 g/mol. The maximum Gasteiger partial charge on any atom is 0.228 e. The van der Waals surface area contributed by atoms with E-state index in [1.54, 1.807) is 0 Å². The van der Waals surface area contributed by atoms with Crippen molar-refractivity contribution in [1.29, 1.82) is 0 Å². The molecule has 0 saturated carbocycles. The van der Waals surface area contributed by atoms with Crippen molar-refractivity contribution in [1.82, 2.24) is 4.90 Å². The van der Waals surface area contributed by atoms with Gasteiger partial charge in [0.15, 0.2) is 0 Å². The number of hydrogen-bond acceptors (Lipinski definition) is 2. The second kappa shape index (κ2) is 8.81. The van der Waals surface area contributed by atoms with E-state index in [9.17, 15) is 4.79 Å². The number of amides is 1. The molecule has 1 amide bonds. The summed E-state index contributed by atoms with van der Waals surface area (Å²) in [5.41, 5.74) is 2.30. The standard InChI is InChI=1S/C23H27NO2/c1-3-10-21-15-24(18(2)20-13-8-5-9-14-20)23(25)22(21)17-26-16-19-11-6-4-7-12-19/h3-9,11-14,18,21-22H,1,10,15-17H2,2H3/t18-,21-,22-/m1/s1. The lowest BCUT2D eigenvalue weighted by atomic mass is 9.93. The van der Waals surface area contributed by atoms with Crippen LogP contribution in [0.3, 0.4) is 0 Å². The Morgan fingerprint density at radius 2 is 1.81 bits per heavy atom. The molecule has 0 radical (unpaired) electrons. The Balaban J connectivity index is 1.65. The number of carbonyl (C=O) groups is 1. The molecule has 1 aliphatic heterocycles. The molecule has 3 rings (SSSR count). The molecule has 2 aromatic rings. The van der Waals surface area contributed by atoms with E-state index in [0.717, 1.165) is 18.5 Å². The molecule has 1 fully saturated rings. The normalized spacial score (nSPS) is 21.0. The molecule has 0 bridgehead atoms. The van der Waals surface area contributed by atoms with Gasteiger partial charge in [-0.3, -0.25) is 4.79 Å². The molecule has 1 heterocycles. The molecule has 3 nitrogen and oxygen atoms in total. The highest BCUT2D eigenvalue weighted by Gasteiger charge is 2.41. The molecule has 0 aromatic heterocycles. The number of carbonyl (C=O) groups excluding carboxylic acids is 1. The van der Waals surface area contributed by atoms with Gasteiger partial charge < -0.3 is 9.64 Å². The van der Waals surface area contributed by atoms with Gasteiger partial charge in [0.2, 0.25) is 5.91 Å². The number of rotatable bonds is 8. The van der Waals surface area contributed by atoms with Gasteiger partial charge in [-0.1, -0.05) is 66.7 Å². The summed E-state index contributed by atoms with van der Waals surface area (Å²) in [6.07, 6.45) is 2.75. The molecule has 136 valence electrons. The van der Waals surface area contributed by atoms with E-state index < -0.39 is 0 Å². The zero-order valence-electron chi connectivity index (χ0n) is 15.4. The summed E-state index contributed by atoms with van der Waals surface area (Å²) in [5, 5.41) is 0. The van der Waals surface area contributed by atoms with Crippen molar-refractivity contribution in [3.63, 3.8) is 0 Å². The lowest BCUT2D eigenvalue weighted by Gasteiger charge is -2.25. The third-order valence-electron chi connectivity index (χ3n) is 5.23. The summed E-state index contributed by atoms with van der Waals surface area (Å²) >= 11 is 0. The van der Waals surface area contributed by atoms with Crippen LogP contribution in [0.15, 0.2) is 73.3 Å². The van der Waals surface area contributed by atoms with E-state index in [4.69, 9.17) is 4.74 Å². The van der Waals surface area contributed by atoms with E-state index in [-0.39, 0.29) is 23.8 Å². The van der Waals surface area contributed by atoms with Crippen molar-refractivity contribution in [2.75, 3.05) is 13.2 Å². The molecule has 0 unspecified atom stereocenters. The zero-order chi connectivity index (χ0) is 18.4. The van der Waals surface area contributed by atoms with Crippen molar-refractivity contribution in [2.45, 2.75) is 26.0 Å². The van der Waals surface area contributed by atoms with Crippen molar-refractivity contribution >= 4 is 5.91 Å². The van der Waals surface area contributed by atoms with E-state index in [1.165, 1.54) is 5.56 Å². The van der Waals surface area contributed by atoms with Gasteiger partial charge in [0.25, 0.3) is 0 Å². The second-order valence-corrected chi connectivity index (χ2v) is 6.97. The quantitative estimate of drug-likeness (QED) is 0.651. The predicted octanol–water partition coefficient (Wildman–Crippen LogP) is 4.62. The third-order valence-corrected chi connectivity index (χ3v) is 5.23. The largest absolute Gasteiger partial charge is 0.376 e. The van der Waals surface area contributed by atoms with Gasteiger partial charge in [-0.15, -0.1) is 6.58 Å².